The average Bonchev–Trinajstić information content (AvgIpc) is 2.52. The molecule has 0 bridgehead atoms. The molecule has 1 unspecified atom stereocenters. The molecule has 0 aliphatic rings. The molecule has 5 nitrogen and oxygen atoms in total. The van der Waals surface area contributed by atoms with Gasteiger partial charge < -0.3 is 14.6 Å². The lowest BCUT2D eigenvalue weighted by molar-refractivity contribution is -0.212. The summed E-state index contributed by atoms with van der Waals surface area (Å²) in [7, 11) is 1.55. The maximum absolute atomic E-state index is 12.1. The third-order valence-corrected chi connectivity index (χ3v) is 4.88. The van der Waals surface area contributed by atoms with E-state index < -0.39 is 11.8 Å². The molecule has 0 aliphatic carbocycles. The lowest BCUT2D eigenvalue weighted by Gasteiger charge is -2.45. The van der Waals surface area contributed by atoms with E-state index in [1.807, 2.05) is 38.1 Å². The molecule has 0 radical (unpaired) electrons. The van der Waals surface area contributed by atoms with Crippen molar-refractivity contribution >= 4 is 28.7 Å². The number of nitrogens with zero attached hydrogens (tertiary/aromatic N) is 1. The molecule has 6 heteroatoms. The summed E-state index contributed by atoms with van der Waals surface area (Å²) in [5.41, 5.74) is -0.182. The number of carbonyl (C=O) groups is 1. The Hall–Kier alpha value is -0.860. The highest BCUT2D eigenvalue weighted by atomic mass is 127. The predicted octanol–water partition coefficient (Wildman–Crippen LogP) is 5.03. The van der Waals surface area contributed by atoms with Crippen LogP contribution in [0.25, 0.3) is 0 Å². The molecule has 0 heterocycles. The van der Waals surface area contributed by atoms with Gasteiger partial charge in [0, 0.05) is 28.7 Å². The number of rotatable bonds is 10. The number of benzene rings is 1. The van der Waals surface area contributed by atoms with Crippen molar-refractivity contribution in [2.24, 2.45) is 0 Å². The first-order valence-electron chi connectivity index (χ1n) is 8.30. The maximum atomic E-state index is 12.1. The first-order valence-corrected chi connectivity index (χ1v) is 9.38. The van der Waals surface area contributed by atoms with E-state index in [4.69, 9.17) is 9.47 Å². The van der Waals surface area contributed by atoms with E-state index in [0.717, 1.165) is 28.4 Å². The van der Waals surface area contributed by atoms with E-state index in [1.165, 1.54) is 4.90 Å². The Kier molecular flexibility index (Phi) is 9.01. The van der Waals surface area contributed by atoms with Gasteiger partial charge in [-0.25, -0.2) is 4.79 Å². The van der Waals surface area contributed by atoms with Gasteiger partial charge in [-0.1, -0.05) is 38.0 Å². The Labute approximate surface area is 158 Å². The molecule has 136 valence electrons. The minimum Gasteiger partial charge on any atom is -0.465 e. The summed E-state index contributed by atoms with van der Waals surface area (Å²) in [4.78, 5) is 13.5. The van der Waals surface area contributed by atoms with Crippen LogP contribution in [0.15, 0.2) is 24.3 Å². The number of unbranched alkanes of at least 4 members (excludes halogenated alkanes) is 2. The van der Waals surface area contributed by atoms with Crippen molar-refractivity contribution < 1.29 is 19.4 Å². The van der Waals surface area contributed by atoms with E-state index in [0.29, 0.717) is 6.42 Å². The van der Waals surface area contributed by atoms with Gasteiger partial charge in [0.1, 0.15) is 6.79 Å². The number of ether oxygens (including phenoxy) is 2. The largest absolute Gasteiger partial charge is 0.465 e. The van der Waals surface area contributed by atoms with Gasteiger partial charge in [-0.3, -0.25) is 4.90 Å². The van der Waals surface area contributed by atoms with E-state index >= 15 is 0 Å². The molecular weight excluding hydrogens is 421 g/mol. The molecule has 0 aliphatic heterocycles. The van der Waals surface area contributed by atoms with Crippen molar-refractivity contribution in [3.05, 3.63) is 33.4 Å². The number of hydrogen-bond acceptors (Lipinski definition) is 3. The zero-order valence-corrected chi connectivity index (χ0v) is 17.1. The lowest BCUT2D eigenvalue weighted by atomic mass is 9.93. The van der Waals surface area contributed by atoms with Gasteiger partial charge in [0.15, 0.2) is 5.72 Å². The highest BCUT2D eigenvalue weighted by Crippen LogP contribution is 2.39. The van der Waals surface area contributed by atoms with Crippen LogP contribution in [0, 0.1) is 3.57 Å². The second kappa shape index (κ2) is 10.2. The van der Waals surface area contributed by atoms with Gasteiger partial charge in [0.2, 0.25) is 0 Å². The highest BCUT2D eigenvalue weighted by Gasteiger charge is 2.45. The third kappa shape index (κ3) is 5.07. The predicted molar refractivity (Wildman–Crippen MR) is 103 cm³/mol. The van der Waals surface area contributed by atoms with E-state index in [1.54, 1.807) is 7.11 Å². The SMILES string of the molecule is CCCCCC(OCOC)(c1ccccc1I)N(C(=O)O)C(C)C. The van der Waals surface area contributed by atoms with E-state index in [2.05, 4.69) is 29.5 Å². The summed E-state index contributed by atoms with van der Waals surface area (Å²) in [6, 6.07) is 7.56. The van der Waals surface area contributed by atoms with Crippen LogP contribution in [-0.2, 0) is 15.2 Å². The van der Waals surface area contributed by atoms with Crippen LogP contribution in [0.5, 0.6) is 0 Å². The molecule has 1 aromatic rings. The van der Waals surface area contributed by atoms with Crippen LogP contribution in [0.2, 0.25) is 0 Å². The zero-order valence-electron chi connectivity index (χ0n) is 14.9. The zero-order chi connectivity index (χ0) is 18.2. The summed E-state index contributed by atoms with van der Waals surface area (Å²) in [5, 5.41) is 9.89. The van der Waals surface area contributed by atoms with Crippen molar-refractivity contribution in [2.75, 3.05) is 13.9 Å². The first kappa shape index (κ1) is 21.2. The normalized spacial score (nSPS) is 13.8. The van der Waals surface area contributed by atoms with Gasteiger partial charge in [-0.2, -0.15) is 0 Å². The second-order valence-electron chi connectivity index (χ2n) is 6.02. The quantitative estimate of drug-likeness (QED) is 0.309. The smallest absolute Gasteiger partial charge is 0.410 e. The summed E-state index contributed by atoms with van der Waals surface area (Å²) in [5.74, 6) is 0. The molecule has 0 fully saturated rings. The van der Waals surface area contributed by atoms with Crippen LogP contribution < -0.4 is 0 Å². The molecule has 1 amide bonds. The monoisotopic (exact) mass is 449 g/mol. The van der Waals surface area contributed by atoms with Crippen LogP contribution in [0.3, 0.4) is 0 Å². The standard InChI is InChI=1S/C18H28INO4/c1-5-6-9-12-18(24-13-23-4,20(14(2)3)17(21)22)15-10-7-8-11-16(15)19/h7-8,10-11,14H,5-6,9,12-13H2,1-4H3,(H,21,22). The van der Waals surface area contributed by atoms with Gasteiger partial charge in [0.05, 0.1) is 0 Å². The fourth-order valence-electron chi connectivity index (χ4n) is 2.95. The summed E-state index contributed by atoms with van der Waals surface area (Å²) < 4.78 is 12.2. The minimum absolute atomic E-state index is 0.0353. The molecule has 0 aromatic heterocycles. The van der Waals surface area contributed by atoms with Crippen molar-refractivity contribution in [3.63, 3.8) is 0 Å². The average molecular weight is 449 g/mol. The van der Waals surface area contributed by atoms with Gasteiger partial charge in [-0.05, 0) is 48.9 Å². The molecule has 24 heavy (non-hydrogen) atoms. The number of hydrogen-bond donors (Lipinski definition) is 1. The van der Waals surface area contributed by atoms with Gasteiger partial charge in [-0.15, -0.1) is 0 Å². The van der Waals surface area contributed by atoms with Crippen LogP contribution in [0.4, 0.5) is 4.79 Å². The Balaban J connectivity index is 3.47. The summed E-state index contributed by atoms with van der Waals surface area (Å²) >= 11 is 2.24. The summed E-state index contributed by atoms with van der Waals surface area (Å²) in [6.07, 6.45) is 2.56. The molecule has 1 atom stereocenters. The molecule has 1 rings (SSSR count). The highest BCUT2D eigenvalue weighted by molar-refractivity contribution is 14.1. The fraction of sp³-hybridized carbons (Fsp3) is 0.611. The number of halogens is 1. The molecule has 0 saturated carbocycles. The summed E-state index contributed by atoms with van der Waals surface area (Å²) in [6.45, 7) is 5.90. The lowest BCUT2D eigenvalue weighted by Crippen LogP contribution is -2.54. The third-order valence-electron chi connectivity index (χ3n) is 3.94. The fourth-order valence-corrected chi connectivity index (χ4v) is 3.75. The van der Waals surface area contributed by atoms with E-state index in [-0.39, 0.29) is 12.8 Å². The maximum Gasteiger partial charge on any atom is 0.410 e. The molecule has 1 aromatic carbocycles. The van der Waals surface area contributed by atoms with Crippen molar-refractivity contribution in [2.45, 2.75) is 58.2 Å². The molecule has 0 spiro atoms. The molecule has 1 N–H and O–H groups in total. The molecular formula is C18H28INO4. The minimum atomic E-state index is -1.05. The number of amides is 1. The second-order valence-corrected chi connectivity index (χ2v) is 7.18. The van der Waals surface area contributed by atoms with Gasteiger partial charge in [0.25, 0.3) is 0 Å². The first-order chi connectivity index (χ1) is 11.4. The number of methoxy groups -OCH3 is 1. The van der Waals surface area contributed by atoms with Gasteiger partial charge >= 0.3 is 6.09 Å². The van der Waals surface area contributed by atoms with Crippen molar-refractivity contribution in [3.8, 4) is 0 Å². The Morgan fingerprint density at radius 3 is 2.50 bits per heavy atom. The van der Waals surface area contributed by atoms with Crippen molar-refractivity contribution in [1.29, 1.82) is 0 Å². The van der Waals surface area contributed by atoms with Crippen LogP contribution in [0.1, 0.15) is 52.0 Å². The Bertz CT molecular complexity index is 523. The number of carboxylic acid groups (broad SMARTS) is 1. The van der Waals surface area contributed by atoms with Crippen LogP contribution >= 0.6 is 22.6 Å². The Morgan fingerprint density at radius 2 is 2.00 bits per heavy atom. The van der Waals surface area contributed by atoms with Crippen molar-refractivity contribution in [1.82, 2.24) is 4.90 Å². The van der Waals surface area contributed by atoms with E-state index in [9.17, 15) is 9.90 Å². The molecule has 0 saturated heterocycles. The van der Waals surface area contributed by atoms with Crippen LogP contribution in [-0.4, -0.2) is 36.0 Å². The Morgan fingerprint density at radius 1 is 1.33 bits per heavy atom. The topological polar surface area (TPSA) is 59.0 Å².